The van der Waals surface area contributed by atoms with Gasteiger partial charge in [-0.3, -0.25) is 9.59 Å². The van der Waals surface area contributed by atoms with Gasteiger partial charge in [-0.05, 0) is 73.5 Å². The number of rotatable bonds is 2. The summed E-state index contributed by atoms with van der Waals surface area (Å²) < 4.78 is 0. The van der Waals surface area contributed by atoms with Crippen molar-refractivity contribution >= 4 is 27.5 Å². The highest BCUT2D eigenvalue weighted by Gasteiger charge is 2.59. The van der Waals surface area contributed by atoms with Gasteiger partial charge in [0.2, 0.25) is 0 Å². The molecule has 0 aromatic rings. The maximum absolute atomic E-state index is 12.9. The Hall–Kier alpha value is -0.180. The third-order valence-electron chi connectivity index (χ3n) is 8.58. The maximum atomic E-state index is 12.9. The number of alkyl halides is 1. The first-order valence-electron chi connectivity index (χ1n) is 10.1. The van der Waals surface area contributed by atoms with E-state index in [1.807, 2.05) is 0 Å². The van der Waals surface area contributed by atoms with Crippen molar-refractivity contribution in [2.24, 2.45) is 46.8 Å². The van der Waals surface area contributed by atoms with Crippen LogP contribution in [0.15, 0.2) is 0 Å². The van der Waals surface area contributed by atoms with Crippen molar-refractivity contribution in [2.75, 3.05) is 5.33 Å². The number of ketones is 2. The second-order valence-corrected chi connectivity index (χ2v) is 10.1. The van der Waals surface area contributed by atoms with Crippen molar-refractivity contribution in [3.63, 3.8) is 0 Å². The highest BCUT2D eigenvalue weighted by Crippen LogP contribution is 2.64. The molecule has 4 aliphatic rings. The zero-order chi connectivity index (χ0) is 17.1. The Morgan fingerprint density at radius 2 is 1.92 bits per heavy atom. The highest BCUT2D eigenvalue weighted by molar-refractivity contribution is 9.09. The monoisotopic (exact) mass is 394 g/mol. The molecule has 4 aliphatic carbocycles. The van der Waals surface area contributed by atoms with Crippen LogP contribution < -0.4 is 0 Å². The second kappa shape index (κ2) is 6.21. The molecule has 2 nitrogen and oxygen atoms in total. The molecule has 0 heterocycles. The quantitative estimate of drug-likeness (QED) is 0.615. The summed E-state index contributed by atoms with van der Waals surface area (Å²) in [5.41, 5.74) is 0.154. The van der Waals surface area contributed by atoms with Crippen LogP contribution in [0.1, 0.15) is 65.2 Å². The molecule has 8 atom stereocenters. The van der Waals surface area contributed by atoms with Crippen LogP contribution in [0.3, 0.4) is 0 Å². The molecule has 4 rings (SSSR count). The molecule has 0 saturated heterocycles. The molecule has 0 N–H and O–H groups in total. The van der Waals surface area contributed by atoms with Gasteiger partial charge in [0.15, 0.2) is 0 Å². The topological polar surface area (TPSA) is 34.1 Å². The Bertz CT molecular complexity index is 544. The fraction of sp³-hybridized carbons (Fsp3) is 0.905. The molecule has 0 aromatic carbocycles. The zero-order valence-corrected chi connectivity index (χ0v) is 16.7. The number of fused-ring (bicyclic) bond motifs is 5. The molecule has 0 bridgehead atoms. The summed E-state index contributed by atoms with van der Waals surface area (Å²) in [5.74, 6) is 4.86. The average molecular weight is 395 g/mol. The predicted molar refractivity (Wildman–Crippen MR) is 99.0 cm³/mol. The van der Waals surface area contributed by atoms with Gasteiger partial charge in [0.25, 0.3) is 0 Å². The number of hydrogen-bond acceptors (Lipinski definition) is 2. The first kappa shape index (κ1) is 17.2. The number of carbonyl (C=O) groups excluding carboxylic acids is 2. The third-order valence-corrected chi connectivity index (χ3v) is 9.13. The van der Waals surface area contributed by atoms with Gasteiger partial charge in [-0.25, -0.2) is 0 Å². The summed E-state index contributed by atoms with van der Waals surface area (Å²) in [4.78, 5) is 25.4. The summed E-state index contributed by atoms with van der Waals surface area (Å²) in [6.45, 7) is 4.69. The van der Waals surface area contributed by atoms with E-state index in [1.54, 1.807) is 0 Å². The van der Waals surface area contributed by atoms with Crippen LogP contribution in [-0.4, -0.2) is 16.9 Å². The largest absolute Gasteiger partial charge is 0.299 e. The van der Waals surface area contributed by atoms with Gasteiger partial charge in [0.05, 0.1) is 5.33 Å². The van der Waals surface area contributed by atoms with Gasteiger partial charge in [-0.15, -0.1) is 0 Å². The van der Waals surface area contributed by atoms with Crippen molar-refractivity contribution in [1.82, 2.24) is 0 Å². The molecule has 4 saturated carbocycles. The number of Topliss-reactive ketones (excluding diaryl/α,β-unsaturated/α-hetero) is 2. The third kappa shape index (κ3) is 2.47. The van der Waals surface area contributed by atoms with Crippen molar-refractivity contribution in [3.8, 4) is 0 Å². The molecule has 134 valence electrons. The lowest BCUT2D eigenvalue weighted by Gasteiger charge is -2.55. The number of carbonyl (C=O) groups is 2. The maximum Gasteiger partial charge on any atom is 0.147 e. The molecular weight excluding hydrogens is 364 g/mol. The van der Waals surface area contributed by atoms with E-state index >= 15 is 0 Å². The number of halogens is 1. The predicted octanol–water partition coefficient (Wildman–Crippen LogP) is 5.03. The van der Waals surface area contributed by atoms with Crippen LogP contribution in [0.2, 0.25) is 0 Å². The van der Waals surface area contributed by atoms with Crippen LogP contribution >= 0.6 is 15.9 Å². The van der Waals surface area contributed by atoms with E-state index in [-0.39, 0.29) is 11.3 Å². The van der Waals surface area contributed by atoms with Gasteiger partial charge in [-0.2, -0.15) is 0 Å². The van der Waals surface area contributed by atoms with Crippen molar-refractivity contribution in [1.29, 1.82) is 0 Å². The van der Waals surface area contributed by atoms with Crippen LogP contribution in [0.4, 0.5) is 0 Å². The van der Waals surface area contributed by atoms with Crippen molar-refractivity contribution in [2.45, 2.75) is 65.2 Å². The van der Waals surface area contributed by atoms with Gasteiger partial charge >= 0.3 is 0 Å². The fourth-order valence-electron chi connectivity index (χ4n) is 7.43. The second-order valence-electron chi connectivity index (χ2n) is 9.57. The van der Waals surface area contributed by atoms with Crippen molar-refractivity contribution < 1.29 is 9.59 Å². The Labute approximate surface area is 154 Å². The molecule has 3 heteroatoms. The Kier molecular flexibility index (Phi) is 4.46. The van der Waals surface area contributed by atoms with Gasteiger partial charge in [0.1, 0.15) is 11.6 Å². The number of hydrogen-bond donors (Lipinski definition) is 0. The minimum atomic E-state index is 0.154. The first-order valence-corrected chi connectivity index (χ1v) is 11.2. The summed E-state index contributed by atoms with van der Waals surface area (Å²) in [7, 11) is 0. The Balaban J connectivity index is 1.60. The smallest absolute Gasteiger partial charge is 0.147 e. The molecule has 0 amide bonds. The summed E-state index contributed by atoms with van der Waals surface area (Å²) in [5, 5.41) is 0.496. The highest BCUT2D eigenvalue weighted by atomic mass is 79.9. The summed E-state index contributed by atoms with van der Waals surface area (Å²) in [6.07, 6.45) is 9.21. The zero-order valence-electron chi connectivity index (χ0n) is 15.1. The van der Waals surface area contributed by atoms with Crippen LogP contribution in [0, 0.1) is 46.8 Å². The van der Waals surface area contributed by atoms with E-state index in [2.05, 4.69) is 29.8 Å². The van der Waals surface area contributed by atoms with E-state index in [0.717, 1.165) is 31.1 Å². The average Bonchev–Trinajstić information content (AvgIpc) is 2.92. The lowest BCUT2D eigenvalue weighted by molar-refractivity contribution is -0.143. The Morgan fingerprint density at radius 1 is 1.12 bits per heavy atom. The van der Waals surface area contributed by atoms with E-state index in [0.29, 0.717) is 40.6 Å². The standard InChI is InChI=1S/C21H31BrO2/c1-12-3-4-13-14-7-8-21(2)17(5-6-18(21)20(24)11-22)15(14)10-19(23)16(13)9-12/h12-18H,3-11H2,1-2H3. The molecule has 8 unspecified atom stereocenters. The van der Waals surface area contributed by atoms with E-state index in [9.17, 15) is 9.59 Å². The summed E-state index contributed by atoms with van der Waals surface area (Å²) >= 11 is 3.39. The molecule has 0 radical (unpaired) electrons. The van der Waals surface area contributed by atoms with Crippen LogP contribution in [-0.2, 0) is 9.59 Å². The Morgan fingerprint density at radius 3 is 2.67 bits per heavy atom. The van der Waals surface area contributed by atoms with Crippen molar-refractivity contribution in [3.05, 3.63) is 0 Å². The minimum Gasteiger partial charge on any atom is -0.299 e. The van der Waals surface area contributed by atoms with E-state index < -0.39 is 0 Å². The van der Waals surface area contributed by atoms with Gasteiger partial charge in [-0.1, -0.05) is 36.2 Å². The fourth-order valence-corrected chi connectivity index (χ4v) is 7.83. The van der Waals surface area contributed by atoms with E-state index in [1.165, 1.54) is 32.1 Å². The van der Waals surface area contributed by atoms with Crippen LogP contribution in [0.25, 0.3) is 0 Å². The van der Waals surface area contributed by atoms with Gasteiger partial charge in [0, 0.05) is 18.3 Å². The molecule has 4 fully saturated rings. The van der Waals surface area contributed by atoms with E-state index in [4.69, 9.17) is 0 Å². The molecule has 24 heavy (non-hydrogen) atoms. The van der Waals surface area contributed by atoms with Gasteiger partial charge < -0.3 is 0 Å². The lowest BCUT2D eigenvalue weighted by Crippen LogP contribution is -2.52. The molecule has 0 aliphatic heterocycles. The normalized spacial score (nSPS) is 50.8. The SMILES string of the molecule is CC1CCC2C(C1)C(=O)CC1C2CCC2(C)C(C(=O)CBr)CCC12. The molecule has 0 aromatic heterocycles. The molecular formula is C21H31BrO2. The molecule has 0 spiro atoms. The lowest BCUT2D eigenvalue weighted by atomic mass is 9.49. The summed E-state index contributed by atoms with van der Waals surface area (Å²) in [6, 6.07) is 0. The minimum absolute atomic E-state index is 0.154. The van der Waals surface area contributed by atoms with Crippen LogP contribution in [0.5, 0.6) is 0 Å². The first-order chi connectivity index (χ1) is 11.5.